The molecule has 0 saturated carbocycles. The first kappa shape index (κ1) is 17.1. The molecule has 0 spiro atoms. The van der Waals surface area contributed by atoms with Crippen molar-refractivity contribution in [1.29, 1.82) is 0 Å². The lowest BCUT2D eigenvalue weighted by molar-refractivity contribution is -0.115. The quantitative estimate of drug-likeness (QED) is 0.777. The fourth-order valence-electron chi connectivity index (χ4n) is 3.12. The van der Waals surface area contributed by atoms with E-state index in [0.29, 0.717) is 0 Å². The summed E-state index contributed by atoms with van der Waals surface area (Å²) in [5.41, 5.74) is 2.09. The van der Waals surface area contributed by atoms with E-state index >= 15 is 0 Å². The van der Waals surface area contributed by atoms with E-state index in [1.165, 1.54) is 11.8 Å². The van der Waals surface area contributed by atoms with Crippen molar-refractivity contribution in [2.75, 3.05) is 10.8 Å². The normalized spacial score (nSPS) is 23.4. The Hall–Kier alpha value is -1.78. The third-order valence-corrected chi connectivity index (χ3v) is 5.42. The minimum absolute atomic E-state index is 0.0968. The van der Waals surface area contributed by atoms with Crippen LogP contribution in [0.15, 0.2) is 60.7 Å². The molecule has 4 heteroatoms. The molecule has 3 rings (SSSR count). The van der Waals surface area contributed by atoms with Crippen LogP contribution < -0.4 is 5.06 Å². The number of hydroxylamine groups is 1. The van der Waals surface area contributed by atoms with Crippen LogP contribution in [0, 0.1) is 5.92 Å². The van der Waals surface area contributed by atoms with Gasteiger partial charge in [-0.15, -0.1) is 0 Å². The number of anilines is 1. The van der Waals surface area contributed by atoms with Crippen molar-refractivity contribution in [1.82, 2.24) is 0 Å². The highest BCUT2D eigenvalue weighted by molar-refractivity contribution is 8.13. The van der Waals surface area contributed by atoms with E-state index < -0.39 is 0 Å². The van der Waals surface area contributed by atoms with Crippen LogP contribution in [-0.2, 0) is 9.63 Å². The first-order valence-electron chi connectivity index (χ1n) is 8.45. The summed E-state index contributed by atoms with van der Waals surface area (Å²) in [6, 6.07) is 20.1. The molecule has 1 heterocycles. The fourth-order valence-corrected chi connectivity index (χ4v) is 4.04. The van der Waals surface area contributed by atoms with E-state index in [9.17, 15) is 4.79 Å². The van der Waals surface area contributed by atoms with Crippen molar-refractivity contribution in [3.05, 3.63) is 66.2 Å². The molecule has 1 fully saturated rings. The number of benzene rings is 2. The van der Waals surface area contributed by atoms with Gasteiger partial charge in [0.05, 0.1) is 23.8 Å². The summed E-state index contributed by atoms with van der Waals surface area (Å²) in [6.45, 7) is 4.09. The number of carbonyl (C=O) groups excluding carboxylic acids is 1. The number of hydrogen-bond acceptors (Lipinski definition) is 4. The monoisotopic (exact) mass is 341 g/mol. The highest BCUT2D eigenvalue weighted by Crippen LogP contribution is 2.44. The van der Waals surface area contributed by atoms with Crippen molar-refractivity contribution in [3.63, 3.8) is 0 Å². The van der Waals surface area contributed by atoms with Gasteiger partial charge in [0.1, 0.15) is 0 Å². The number of rotatable bonds is 5. The van der Waals surface area contributed by atoms with Crippen LogP contribution in [0.1, 0.15) is 31.9 Å². The minimum atomic E-state index is -0.177. The molecule has 0 bridgehead atoms. The minimum Gasteiger partial charge on any atom is -0.287 e. The van der Waals surface area contributed by atoms with Gasteiger partial charge in [0.2, 0.25) is 0 Å². The maximum Gasteiger partial charge on any atom is 0.197 e. The van der Waals surface area contributed by atoms with E-state index in [1.807, 2.05) is 60.5 Å². The highest BCUT2D eigenvalue weighted by Gasteiger charge is 2.46. The third kappa shape index (κ3) is 3.50. The van der Waals surface area contributed by atoms with E-state index in [2.05, 4.69) is 19.1 Å². The largest absolute Gasteiger partial charge is 0.287 e. The maximum absolute atomic E-state index is 12.8. The lowest BCUT2D eigenvalue weighted by Gasteiger charge is -2.27. The zero-order valence-electron chi connectivity index (χ0n) is 14.1. The van der Waals surface area contributed by atoms with E-state index in [4.69, 9.17) is 4.84 Å². The van der Waals surface area contributed by atoms with Crippen molar-refractivity contribution >= 4 is 22.6 Å². The molecule has 3 atom stereocenters. The van der Waals surface area contributed by atoms with Crippen LogP contribution in [0.5, 0.6) is 0 Å². The summed E-state index contributed by atoms with van der Waals surface area (Å²) in [7, 11) is 0. The molecule has 0 amide bonds. The number of nitrogens with zero attached hydrogens (tertiary/aromatic N) is 1. The Morgan fingerprint density at radius 1 is 1.08 bits per heavy atom. The third-order valence-electron chi connectivity index (χ3n) is 4.25. The van der Waals surface area contributed by atoms with Crippen LogP contribution in [-0.4, -0.2) is 17.0 Å². The van der Waals surface area contributed by atoms with Gasteiger partial charge >= 0.3 is 0 Å². The van der Waals surface area contributed by atoms with Crippen LogP contribution in [0.4, 0.5) is 5.69 Å². The predicted octanol–water partition coefficient (Wildman–Crippen LogP) is 4.85. The molecule has 0 radical (unpaired) electrons. The van der Waals surface area contributed by atoms with Crippen molar-refractivity contribution in [2.45, 2.75) is 32.4 Å². The van der Waals surface area contributed by atoms with Gasteiger partial charge in [0, 0.05) is 5.75 Å². The Morgan fingerprint density at radius 3 is 2.33 bits per heavy atom. The van der Waals surface area contributed by atoms with E-state index in [-0.39, 0.29) is 23.2 Å². The number of thioether (sulfide) groups is 1. The van der Waals surface area contributed by atoms with Crippen LogP contribution >= 0.6 is 11.8 Å². The fraction of sp³-hybridized carbons (Fsp3) is 0.350. The second kappa shape index (κ2) is 7.86. The summed E-state index contributed by atoms with van der Waals surface area (Å²) < 4.78 is 0. The Morgan fingerprint density at radius 2 is 1.71 bits per heavy atom. The zero-order valence-corrected chi connectivity index (χ0v) is 14.9. The molecule has 1 aliphatic rings. The van der Waals surface area contributed by atoms with E-state index in [1.54, 1.807) is 0 Å². The lowest BCUT2D eigenvalue weighted by atomic mass is 9.91. The van der Waals surface area contributed by atoms with Gasteiger partial charge < -0.3 is 0 Å². The Balaban J connectivity index is 1.97. The van der Waals surface area contributed by atoms with Crippen LogP contribution in [0.2, 0.25) is 0 Å². The standard InChI is InChI=1S/C20H23NO2S/c1-3-14-24-20(22)18-15(2)23-21(17-12-8-5-9-13-17)19(18)16-10-6-4-7-11-16/h4-13,15,18-19H,3,14H2,1-2H3/t15-,18-,19+/m0/s1. The smallest absolute Gasteiger partial charge is 0.197 e. The van der Waals surface area contributed by atoms with Gasteiger partial charge in [-0.1, -0.05) is 67.2 Å². The first-order valence-corrected chi connectivity index (χ1v) is 9.43. The second-order valence-corrected chi connectivity index (χ2v) is 7.12. The molecule has 1 saturated heterocycles. The second-order valence-electron chi connectivity index (χ2n) is 6.02. The number of carbonyl (C=O) groups is 1. The van der Waals surface area contributed by atoms with Crippen molar-refractivity contribution in [3.8, 4) is 0 Å². The SMILES string of the molecule is CCCSC(=O)[C@H]1[C@H](C)ON(c2ccccc2)[C@@H]1c1ccccc1. The predicted molar refractivity (Wildman–Crippen MR) is 99.9 cm³/mol. The lowest BCUT2D eigenvalue weighted by Crippen LogP contribution is -2.28. The molecular weight excluding hydrogens is 318 g/mol. The van der Waals surface area contributed by atoms with Gasteiger partial charge in [-0.05, 0) is 31.0 Å². The molecule has 126 valence electrons. The van der Waals surface area contributed by atoms with Crippen molar-refractivity contribution < 1.29 is 9.63 Å². The van der Waals surface area contributed by atoms with Crippen molar-refractivity contribution in [2.24, 2.45) is 5.92 Å². The maximum atomic E-state index is 12.8. The van der Waals surface area contributed by atoms with Gasteiger partial charge in [-0.25, -0.2) is 5.06 Å². The topological polar surface area (TPSA) is 29.5 Å². The number of hydrogen-bond donors (Lipinski definition) is 0. The van der Waals surface area contributed by atoms with E-state index in [0.717, 1.165) is 23.4 Å². The summed E-state index contributed by atoms with van der Waals surface area (Å²) in [5.74, 6) is 0.679. The zero-order chi connectivity index (χ0) is 16.9. The average Bonchev–Trinajstić information content (AvgIpc) is 2.98. The Bertz CT molecular complexity index is 662. The van der Waals surface area contributed by atoms with Gasteiger partial charge in [-0.3, -0.25) is 9.63 Å². The van der Waals surface area contributed by atoms with Gasteiger partial charge in [0.25, 0.3) is 0 Å². The summed E-state index contributed by atoms with van der Waals surface area (Å²) in [6.07, 6.45) is 0.851. The number of para-hydroxylation sites is 1. The highest BCUT2D eigenvalue weighted by atomic mass is 32.2. The molecule has 2 aromatic carbocycles. The van der Waals surface area contributed by atoms with Gasteiger partial charge in [0.15, 0.2) is 5.12 Å². The Labute approximate surface area is 148 Å². The van der Waals surface area contributed by atoms with Crippen LogP contribution in [0.3, 0.4) is 0 Å². The molecule has 0 aromatic heterocycles. The van der Waals surface area contributed by atoms with Crippen LogP contribution in [0.25, 0.3) is 0 Å². The molecule has 2 aromatic rings. The summed E-state index contributed by atoms with van der Waals surface area (Å²) in [5, 5.41) is 2.13. The average molecular weight is 341 g/mol. The Kier molecular flexibility index (Phi) is 5.59. The molecular formula is C20H23NO2S. The molecule has 24 heavy (non-hydrogen) atoms. The van der Waals surface area contributed by atoms with Gasteiger partial charge in [-0.2, -0.15) is 0 Å². The summed E-state index contributed by atoms with van der Waals surface area (Å²) >= 11 is 1.43. The molecule has 1 aliphatic heterocycles. The molecule has 0 N–H and O–H groups in total. The first-order chi connectivity index (χ1) is 11.7. The summed E-state index contributed by atoms with van der Waals surface area (Å²) in [4.78, 5) is 19.0. The molecule has 0 aliphatic carbocycles. The molecule has 3 nitrogen and oxygen atoms in total. The molecule has 0 unspecified atom stereocenters.